The first-order valence-electron chi connectivity index (χ1n) is 11.2. The first-order valence-corrected chi connectivity index (χ1v) is 11.2. The number of carbonyl (C=O) groups is 3. The molecule has 1 fully saturated rings. The van der Waals surface area contributed by atoms with Crippen LogP contribution >= 0.6 is 0 Å². The maximum Gasteiger partial charge on any atom is 0.305 e. The van der Waals surface area contributed by atoms with Crippen molar-refractivity contribution in [2.75, 3.05) is 18.4 Å². The monoisotopic (exact) mass is 448 g/mol. The zero-order valence-corrected chi connectivity index (χ0v) is 18.8. The zero-order valence-electron chi connectivity index (χ0n) is 18.8. The Kier molecular flexibility index (Phi) is 6.74. The van der Waals surface area contributed by atoms with Gasteiger partial charge in [0.2, 0.25) is 5.91 Å². The summed E-state index contributed by atoms with van der Waals surface area (Å²) in [6.45, 7) is 6.47. The van der Waals surface area contributed by atoms with Crippen molar-refractivity contribution < 1.29 is 18.8 Å². The quantitative estimate of drug-likeness (QED) is 0.456. The minimum atomic E-state index is -0.557. The van der Waals surface area contributed by atoms with Gasteiger partial charge in [-0.3, -0.25) is 30.1 Å². The molecule has 1 aliphatic rings. The molecular weight excluding hydrogens is 420 g/mol. The number of hydrogen-bond acceptors (Lipinski definition) is 5. The summed E-state index contributed by atoms with van der Waals surface area (Å²) in [6, 6.07) is 14.4. The van der Waals surface area contributed by atoms with Crippen LogP contribution in [0.2, 0.25) is 0 Å². The van der Waals surface area contributed by atoms with Gasteiger partial charge in [-0.15, -0.1) is 0 Å². The molecule has 2 aromatic carbocycles. The van der Waals surface area contributed by atoms with Gasteiger partial charge in [-0.2, -0.15) is 0 Å². The molecule has 0 radical (unpaired) electrons. The minimum Gasteiger partial charge on any atom is -0.454 e. The number of fused-ring (bicyclic) bond motifs is 1. The number of nitrogens with one attached hydrogen (secondary N) is 3. The largest absolute Gasteiger partial charge is 0.454 e. The van der Waals surface area contributed by atoms with Gasteiger partial charge in [0.25, 0.3) is 5.91 Å². The fourth-order valence-corrected chi connectivity index (χ4v) is 3.61. The van der Waals surface area contributed by atoms with Gasteiger partial charge in [-0.25, -0.2) is 0 Å². The highest BCUT2D eigenvalue weighted by atomic mass is 16.4. The summed E-state index contributed by atoms with van der Waals surface area (Å²) in [7, 11) is 0. The number of rotatable bonds is 8. The topological polar surface area (TPSA) is 104 Å². The minimum absolute atomic E-state index is 0.00317. The molecule has 1 aliphatic carbocycles. The number of carbonyl (C=O) groups excluding carboxylic acids is 3. The fourth-order valence-electron chi connectivity index (χ4n) is 3.61. The summed E-state index contributed by atoms with van der Waals surface area (Å²) in [5.74, 6) is -0.405. The summed E-state index contributed by atoms with van der Waals surface area (Å²) in [5, 5.41) is 4.62. The molecule has 0 unspecified atom stereocenters. The number of furan rings is 1. The third-order valence-corrected chi connectivity index (χ3v) is 5.79. The van der Waals surface area contributed by atoms with Gasteiger partial charge >= 0.3 is 5.91 Å². The Hall–Kier alpha value is -3.65. The van der Waals surface area contributed by atoms with E-state index in [4.69, 9.17) is 4.42 Å². The fraction of sp³-hybridized carbons (Fsp3) is 0.320. The van der Waals surface area contributed by atoms with Gasteiger partial charge in [-0.1, -0.05) is 38.1 Å². The van der Waals surface area contributed by atoms with Crippen LogP contribution in [0.4, 0.5) is 5.69 Å². The molecule has 0 bridgehead atoms. The van der Waals surface area contributed by atoms with Crippen molar-refractivity contribution in [1.82, 2.24) is 15.8 Å². The van der Waals surface area contributed by atoms with E-state index in [0.717, 1.165) is 36.7 Å². The predicted molar refractivity (Wildman–Crippen MR) is 126 cm³/mol. The Morgan fingerprint density at radius 3 is 2.27 bits per heavy atom. The molecule has 3 aromatic rings. The Bertz CT molecular complexity index is 1180. The normalized spacial score (nSPS) is 13.2. The SMILES string of the molecule is CCN(CC)Cc1ccc(C(=O)NNC(=O)c2cc3ccccc3cc2NC(=O)C2CC2)o1. The second-order valence-electron chi connectivity index (χ2n) is 8.14. The maximum atomic E-state index is 12.9. The van der Waals surface area contributed by atoms with Crippen LogP contribution in [0.1, 0.15) is 53.4 Å². The molecule has 8 heteroatoms. The standard InChI is InChI=1S/C25H28N4O4/c1-3-29(4-2)15-19-11-12-22(33-19)25(32)28-27-24(31)20-13-17-7-5-6-8-18(17)14-21(20)26-23(30)16-9-10-16/h5-8,11-14,16H,3-4,9-10,15H2,1-2H3,(H,26,30)(H,27,31)(H,28,32). The number of nitrogens with zero attached hydrogens (tertiary/aromatic N) is 1. The van der Waals surface area contributed by atoms with Crippen molar-refractivity contribution in [2.24, 2.45) is 5.92 Å². The van der Waals surface area contributed by atoms with Crippen LogP contribution in [0.5, 0.6) is 0 Å². The molecule has 4 rings (SSSR count). The first-order chi connectivity index (χ1) is 16.0. The summed E-state index contributed by atoms with van der Waals surface area (Å²) < 4.78 is 5.62. The average Bonchev–Trinajstić information content (AvgIpc) is 3.58. The number of hydrazine groups is 1. The van der Waals surface area contributed by atoms with E-state index in [2.05, 4.69) is 34.9 Å². The molecule has 0 saturated heterocycles. The smallest absolute Gasteiger partial charge is 0.305 e. The van der Waals surface area contributed by atoms with Crippen molar-refractivity contribution in [3.8, 4) is 0 Å². The van der Waals surface area contributed by atoms with Gasteiger partial charge in [0.15, 0.2) is 5.76 Å². The highest BCUT2D eigenvalue weighted by Crippen LogP contribution is 2.32. The highest BCUT2D eigenvalue weighted by Gasteiger charge is 2.30. The maximum absolute atomic E-state index is 12.9. The molecule has 8 nitrogen and oxygen atoms in total. The molecular formula is C25H28N4O4. The van der Waals surface area contributed by atoms with Crippen molar-refractivity contribution in [3.05, 3.63) is 65.6 Å². The van der Waals surface area contributed by atoms with E-state index in [9.17, 15) is 14.4 Å². The number of amides is 3. The lowest BCUT2D eigenvalue weighted by atomic mass is 10.0. The lowest BCUT2D eigenvalue weighted by Gasteiger charge is -2.15. The van der Waals surface area contributed by atoms with Crippen molar-refractivity contribution in [3.63, 3.8) is 0 Å². The lowest BCUT2D eigenvalue weighted by molar-refractivity contribution is -0.117. The average molecular weight is 449 g/mol. The van der Waals surface area contributed by atoms with Gasteiger partial charge in [0.1, 0.15) is 5.76 Å². The van der Waals surface area contributed by atoms with E-state index in [0.29, 0.717) is 18.0 Å². The van der Waals surface area contributed by atoms with Crippen LogP contribution in [0, 0.1) is 5.92 Å². The number of hydrogen-bond donors (Lipinski definition) is 3. The Balaban J connectivity index is 1.46. The van der Waals surface area contributed by atoms with E-state index in [1.807, 2.05) is 24.3 Å². The Labute approximate surface area is 192 Å². The zero-order chi connectivity index (χ0) is 23.4. The number of benzene rings is 2. The third kappa shape index (κ3) is 5.40. The van der Waals surface area contributed by atoms with Gasteiger partial charge in [0, 0.05) is 5.92 Å². The van der Waals surface area contributed by atoms with E-state index in [1.165, 1.54) is 0 Å². The molecule has 3 amide bonds. The molecule has 0 atom stereocenters. The summed E-state index contributed by atoms with van der Waals surface area (Å²) in [6.07, 6.45) is 1.72. The summed E-state index contributed by atoms with van der Waals surface area (Å²) in [4.78, 5) is 39.9. The summed E-state index contributed by atoms with van der Waals surface area (Å²) >= 11 is 0. The van der Waals surface area contributed by atoms with E-state index in [1.54, 1.807) is 24.3 Å². The van der Waals surface area contributed by atoms with Gasteiger partial charge in [0.05, 0.1) is 17.8 Å². The predicted octanol–water partition coefficient (Wildman–Crippen LogP) is 3.70. The van der Waals surface area contributed by atoms with Gasteiger partial charge < -0.3 is 9.73 Å². The van der Waals surface area contributed by atoms with Crippen LogP contribution in [0.25, 0.3) is 10.8 Å². The first kappa shape index (κ1) is 22.5. The van der Waals surface area contributed by atoms with Crippen molar-refractivity contribution in [2.45, 2.75) is 33.2 Å². The van der Waals surface area contributed by atoms with Crippen LogP contribution in [-0.4, -0.2) is 35.7 Å². The van der Waals surface area contributed by atoms with Crippen LogP contribution < -0.4 is 16.2 Å². The summed E-state index contributed by atoms with van der Waals surface area (Å²) in [5.41, 5.74) is 5.51. The van der Waals surface area contributed by atoms with Gasteiger partial charge in [-0.05, 0) is 61.0 Å². The van der Waals surface area contributed by atoms with Crippen LogP contribution in [0.3, 0.4) is 0 Å². The second kappa shape index (κ2) is 9.87. The van der Waals surface area contributed by atoms with E-state index in [-0.39, 0.29) is 23.1 Å². The van der Waals surface area contributed by atoms with Crippen LogP contribution in [0.15, 0.2) is 52.9 Å². The van der Waals surface area contributed by atoms with E-state index < -0.39 is 11.8 Å². The lowest BCUT2D eigenvalue weighted by Crippen LogP contribution is -2.41. The molecule has 0 spiro atoms. The van der Waals surface area contributed by atoms with E-state index >= 15 is 0 Å². The number of anilines is 1. The Morgan fingerprint density at radius 2 is 1.61 bits per heavy atom. The molecule has 1 saturated carbocycles. The molecule has 1 aromatic heterocycles. The van der Waals surface area contributed by atoms with Crippen LogP contribution in [-0.2, 0) is 11.3 Å². The molecule has 3 N–H and O–H groups in total. The molecule has 33 heavy (non-hydrogen) atoms. The third-order valence-electron chi connectivity index (χ3n) is 5.79. The highest BCUT2D eigenvalue weighted by molar-refractivity contribution is 6.09. The molecule has 172 valence electrons. The van der Waals surface area contributed by atoms with Crippen molar-refractivity contribution in [1.29, 1.82) is 0 Å². The molecule has 1 heterocycles. The Morgan fingerprint density at radius 1 is 0.939 bits per heavy atom. The van der Waals surface area contributed by atoms with Crippen molar-refractivity contribution >= 4 is 34.2 Å². The second-order valence-corrected chi connectivity index (χ2v) is 8.14. The molecule has 0 aliphatic heterocycles.